The van der Waals surface area contributed by atoms with Crippen LogP contribution in [0.15, 0.2) is 6.07 Å². The Balaban J connectivity index is 1.52. The lowest BCUT2D eigenvalue weighted by atomic mass is 10.1. The van der Waals surface area contributed by atoms with Gasteiger partial charge in [0.05, 0.1) is 5.69 Å². The first-order chi connectivity index (χ1) is 12.1. The Kier molecular flexibility index (Phi) is 5.75. The molecule has 0 unspecified atom stereocenters. The molecule has 1 saturated heterocycles. The predicted molar refractivity (Wildman–Crippen MR) is 98.3 cm³/mol. The monoisotopic (exact) mass is 361 g/mol. The number of anilines is 2. The molecule has 1 aliphatic heterocycles. The molecule has 3 heterocycles. The zero-order valence-electron chi connectivity index (χ0n) is 14.6. The van der Waals surface area contributed by atoms with Crippen LogP contribution >= 0.6 is 11.5 Å². The number of hydrogen-bond donors (Lipinski definition) is 2. The zero-order valence-corrected chi connectivity index (χ0v) is 15.4. The number of hydrogen-bond acceptors (Lipinski definition) is 8. The van der Waals surface area contributed by atoms with Crippen LogP contribution in [0.2, 0.25) is 0 Å². The van der Waals surface area contributed by atoms with Crippen LogP contribution in [0.5, 0.6) is 0 Å². The minimum Gasteiger partial charge on any atom is -0.356 e. The first-order valence-electron chi connectivity index (χ1n) is 8.55. The van der Waals surface area contributed by atoms with Gasteiger partial charge < -0.3 is 15.5 Å². The number of aryl methyl sites for hydroxylation is 2. The summed E-state index contributed by atoms with van der Waals surface area (Å²) < 4.78 is 3.77. The summed E-state index contributed by atoms with van der Waals surface area (Å²) in [6.07, 6.45) is 3.72. The van der Waals surface area contributed by atoms with Gasteiger partial charge in [0.1, 0.15) is 10.7 Å². The lowest BCUT2D eigenvalue weighted by Crippen LogP contribution is -2.31. The van der Waals surface area contributed by atoms with E-state index in [4.69, 9.17) is 0 Å². The molecule has 134 valence electrons. The Morgan fingerprint density at radius 2 is 2.00 bits per heavy atom. The normalized spacial score (nSPS) is 14.4. The molecule has 9 heteroatoms. The second kappa shape index (κ2) is 8.19. The first kappa shape index (κ1) is 17.5. The van der Waals surface area contributed by atoms with Crippen molar-refractivity contribution in [3.8, 4) is 0 Å². The van der Waals surface area contributed by atoms with E-state index >= 15 is 0 Å². The summed E-state index contributed by atoms with van der Waals surface area (Å²) >= 11 is 1.11. The number of carbonyl (C=O) groups excluding carboxylic acids is 1. The van der Waals surface area contributed by atoms with E-state index in [0.717, 1.165) is 36.1 Å². The van der Waals surface area contributed by atoms with Gasteiger partial charge in [-0.1, -0.05) is 4.49 Å². The molecule has 0 bridgehead atoms. The van der Waals surface area contributed by atoms with Gasteiger partial charge in [0.2, 0.25) is 5.95 Å². The van der Waals surface area contributed by atoms with E-state index in [9.17, 15) is 4.79 Å². The molecule has 1 amide bonds. The molecule has 0 atom stereocenters. The second-order valence-electron chi connectivity index (χ2n) is 6.11. The van der Waals surface area contributed by atoms with Gasteiger partial charge in [-0.25, -0.2) is 4.98 Å². The SMILES string of the molecule is Cc1cc(N2CCCCC2)nc(NCCNC(=O)c2snnc2C)n1. The van der Waals surface area contributed by atoms with Crippen molar-refractivity contribution < 1.29 is 4.79 Å². The average Bonchev–Trinajstić information content (AvgIpc) is 3.05. The zero-order chi connectivity index (χ0) is 17.6. The van der Waals surface area contributed by atoms with Crippen molar-refractivity contribution >= 4 is 29.2 Å². The van der Waals surface area contributed by atoms with Crippen LogP contribution in [0.3, 0.4) is 0 Å². The quantitative estimate of drug-likeness (QED) is 0.757. The van der Waals surface area contributed by atoms with Crippen LogP contribution in [-0.2, 0) is 0 Å². The van der Waals surface area contributed by atoms with Gasteiger partial charge in [-0.2, -0.15) is 4.98 Å². The molecular formula is C16H23N7OS. The number of rotatable bonds is 6. The topological polar surface area (TPSA) is 95.9 Å². The highest BCUT2D eigenvalue weighted by Gasteiger charge is 2.14. The molecule has 8 nitrogen and oxygen atoms in total. The summed E-state index contributed by atoms with van der Waals surface area (Å²) in [7, 11) is 0. The van der Waals surface area contributed by atoms with Crippen molar-refractivity contribution in [1.82, 2.24) is 24.9 Å². The standard InChI is InChI=1S/C16H23N7OS/c1-11-10-13(23-8-4-3-5-9-23)20-16(19-11)18-7-6-17-15(24)14-12(2)21-22-25-14/h10H,3-9H2,1-2H3,(H,17,24)(H,18,19,20). The first-order valence-corrected chi connectivity index (χ1v) is 9.32. The van der Waals surface area contributed by atoms with Gasteiger partial charge in [-0.05, 0) is 44.6 Å². The van der Waals surface area contributed by atoms with E-state index < -0.39 is 0 Å². The maximum absolute atomic E-state index is 12.0. The summed E-state index contributed by atoms with van der Waals surface area (Å²) in [6.45, 7) is 6.88. The number of carbonyl (C=O) groups is 1. The van der Waals surface area contributed by atoms with Crippen LogP contribution in [0.1, 0.15) is 40.3 Å². The molecular weight excluding hydrogens is 338 g/mol. The third-order valence-electron chi connectivity index (χ3n) is 4.07. The Labute approximate surface area is 151 Å². The predicted octanol–water partition coefficient (Wildman–Crippen LogP) is 1.78. The third-order valence-corrected chi connectivity index (χ3v) is 4.90. The summed E-state index contributed by atoms with van der Waals surface area (Å²) in [5, 5.41) is 9.89. The fourth-order valence-electron chi connectivity index (χ4n) is 2.79. The Hall–Kier alpha value is -2.29. The van der Waals surface area contributed by atoms with Crippen molar-refractivity contribution in [2.75, 3.05) is 36.4 Å². The van der Waals surface area contributed by atoms with Crippen molar-refractivity contribution in [2.24, 2.45) is 0 Å². The minimum absolute atomic E-state index is 0.145. The molecule has 1 aliphatic rings. The van der Waals surface area contributed by atoms with Crippen LogP contribution < -0.4 is 15.5 Å². The smallest absolute Gasteiger partial charge is 0.265 e. The average molecular weight is 361 g/mol. The van der Waals surface area contributed by atoms with E-state index in [1.807, 2.05) is 13.0 Å². The molecule has 0 aromatic carbocycles. The Bertz CT molecular complexity index is 727. The summed E-state index contributed by atoms with van der Waals surface area (Å²) in [6, 6.07) is 2.03. The molecule has 0 saturated carbocycles. The number of nitrogens with one attached hydrogen (secondary N) is 2. The van der Waals surface area contributed by atoms with Gasteiger partial charge in [0.25, 0.3) is 5.91 Å². The Morgan fingerprint density at radius 3 is 2.72 bits per heavy atom. The fourth-order valence-corrected chi connectivity index (χ4v) is 3.36. The van der Waals surface area contributed by atoms with Gasteiger partial charge in [-0.3, -0.25) is 4.79 Å². The van der Waals surface area contributed by atoms with Crippen LogP contribution in [0, 0.1) is 13.8 Å². The van der Waals surface area contributed by atoms with E-state index in [2.05, 4.69) is 35.1 Å². The molecule has 0 aliphatic carbocycles. The molecule has 0 spiro atoms. The van der Waals surface area contributed by atoms with Gasteiger partial charge in [0.15, 0.2) is 0 Å². The number of nitrogens with zero attached hydrogens (tertiary/aromatic N) is 5. The van der Waals surface area contributed by atoms with E-state index in [1.165, 1.54) is 19.3 Å². The van der Waals surface area contributed by atoms with Crippen molar-refractivity contribution in [3.05, 3.63) is 22.3 Å². The summed E-state index contributed by atoms with van der Waals surface area (Å²) in [5.74, 6) is 1.43. The molecule has 2 aromatic rings. The van der Waals surface area contributed by atoms with Gasteiger partial charge >= 0.3 is 0 Å². The highest BCUT2D eigenvalue weighted by molar-refractivity contribution is 7.07. The van der Waals surface area contributed by atoms with Crippen molar-refractivity contribution in [3.63, 3.8) is 0 Å². The van der Waals surface area contributed by atoms with Crippen LogP contribution in [0.4, 0.5) is 11.8 Å². The van der Waals surface area contributed by atoms with Crippen molar-refractivity contribution in [1.29, 1.82) is 0 Å². The van der Waals surface area contributed by atoms with Crippen LogP contribution in [-0.4, -0.2) is 51.6 Å². The van der Waals surface area contributed by atoms with Crippen molar-refractivity contribution in [2.45, 2.75) is 33.1 Å². The molecule has 2 aromatic heterocycles. The molecule has 1 fully saturated rings. The lowest BCUT2D eigenvalue weighted by Gasteiger charge is -2.28. The Morgan fingerprint density at radius 1 is 1.20 bits per heavy atom. The molecule has 25 heavy (non-hydrogen) atoms. The van der Waals surface area contributed by atoms with E-state index in [1.54, 1.807) is 6.92 Å². The van der Waals surface area contributed by atoms with E-state index in [0.29, 0.717) is 29.6 Å². The highest BCUT2D eigenvalue weighted by Crippen LogP contribution is 2.19. The third kappa shape index (κ3) is 4.62. The fraction of sp³-hybridized carbons (Fsp3) is 0.562. The summed E-state index contributed by atoms with van der Waals surface area (Å²) in [5.41, 5.74) is 1.59. The highest BCUT2D eigenvalue weighted by atomic mass is 32.1. The molecule has 0 radical (unpaired) electrons. The largest absolute Gasteiger partial charge is 0.356 e. The minimum atomic E-state index is -0.145. The number of amides is 1. The summed E-state index contributed by atoms with van der Waals surface area (Å²) in [4.78, 5) is 23.9. The molecule has 2 N–H and O–H groups in total. The second-order valence-corrected chi connectivity index (χ2v) is 6.86. The van der Waals surface area contributed by atoms with Crippen LogP contribution in [0.25, 0.3) is 0 Å². The van der Waals surface area contributed by atoms with E-state index in [-0.39, 0.29) is 5.91 Å². The van der Waals surface area contributed by atoms with Gasteiger partial charge in [-0.15, -0.1) is 5.10 Å². The molecule has 3 rings (SSSR count). The van der Waals surface area contributed by atoms with Gasteiger partial charge in [0, 0.05) is 37.9 Å². The maximum Gasteiger partial charge on any atom is 0.265 e. The lowest BCUT2D eigenvalue weighted by molar-refractivity contribution is 0.0958. The number of aromatic nitrogens is 4. The number of piperidine rings is 1. The maximum atomic E-state index is 12.0.